The van der Waals surface area contributed by atoms with Crippen LogP contribution in [0.25, 0.3) is 0 Å². The van der Waals surface area contributed by atoms with Crippen molar-refractivity contribution in [1.82, 2.24) is 0 Å². The van der Waals surface area contributed by atoms with Crippen molar-refractivity contribution in [3.8, 4) is 0 Å². The van der Waals surface area contributed by atoms with Gasteiger partial charge in [0.25, 0.3) is 11.2 Å². The summed E-state index contributed by atoms with van der Waals surface area (Å²) in [5.41, 5.74) is 7.03. The maximum absolute atomic E-state index is 5.79. The van der Waals surface area contributed by atoms with E-state index in [1.54, 1.807) is 48.5 Å². The van der Waals surface area contributed by atoms with Gasteiger partial charge in [0.2, 0.25) is 0 Å². The van der Waals surface area contributed by atoms with Crippen molar-refractivity contribution >= 4 is 58.0 Å². The fraction of sp³-hybridized carbons (Fsp3) is 0. The van der Waals surface area contributed by atoms with E-state index in [1.165, 1.54) is 0 Å². The predicted molar refractivity (Wildman–Crippen MR) is 91.5 cm³/mol. The molecule has 0 atom stereocenters. The van der Waals surface area contributed by atoms with Crippen LogP contribution in [-0.4, -0.2) is 11.2 Å². The van der Waals surface area contributed by atoms with E-state index in [0.717, 1.165) is 5.69 Å². The summed E-state index contributed by atoms with van der Waals surface area (Å²) in [7, 11) is 0. The minimum absolute atomic E-state index is 0.0659. The number of hydrogen-bond donors (Lipinski definition) is 2. The number of rotatable bonds is 2. The molecule has 21 heavy (non-hydrogen) atoms. The number of aliphatic imine (C=N–C) groups is 1. The van der Waals surface area contributed by atoms with Crippen LogP contribution in [0.3, 0.4) is 0 Å². The highest BCUT2D eigenvalue weighted by Gasteiger charge is 2.02. The molecule has 0 aliphatic carbocycles. The van der Waals surface area contributed by atoms with E-state index >= 15 is 0 Å². The van der Waals surface area contributed by atoms with Crippen molar-refractivity contribution < 1.29 is 4.74 Å². The number of hydrogen-bond acceptors (Lipinski definition) is 3. The number of nitrogens with two attached hydrogens (primary N) is 1. The van der Waals surface area contributed by atoms with Gasteiger partial charge in [0.1, 0.15) is 0 Å². The van der Waals surface area contributed by atoms with Gasteiger partial charge in [-0.05, 0) is 60.7 Å². The van der Waals surface area contributed by atoms with E-state index in [1.807, 2.05) is 0 Å². The second-order valence-electron chi connectivity index (χ2n) is 3.95. The molecule has 2 aromatic carbocycles. The average Bonchev–Trinajstić information content (AvgIpc) is 2.44. The highest BCUT2D eigenvalue weighted by Crippen LogP contribution is 2.16. The summed E-state index contributed by atoms with van der Waals surface area (Å²) in [5.74, 6) is 0. The van der Waals surface area contributed by atoms with Crippen molar-refractivity contribution in [2.75, 3.05) is 5.32 Å². The summed E-state index contributed by atoms with van der Waals surface area (Å²) >= 11 is 16.6. The molecule has 0 saturated carbocycles. The molecule has 0 spiro atoms. The van der Waals surface area contributed by atoms with Gasteiger partial charge in [0.05, 0.1) is 5.69 Å². The Morgan fingerprint density at radius 2 is 1.52 bits per heavy atom. The Morgan fingerprint density at radius 3 is 2.10 bits per heavy atom. The van der Waals surface area contributed by atoms with Crippen LogP contribution in [0.15, 0.2) is 53.5 Å². The molecule has 108 valence electrons. The number of nitrogens with one attached hydrogen (secondary N) is 1. The summed E-state index contributed by atoms with van der Waals surface area (Å²) < 4.78 is 5.20. The normalized spacial score (nSPS) is 11.0. The van der Waals surface area contributed by atoms with Crippen LogP contribution >= 0.6 is 35.4 Å². The SMILES string of the molecule is NC(=Nc1ccc(Cl)cc1)OC(=S)Nc1ccc(Cl)cc1. The molecule has 0 bridgehead atoms. The summed E-state index contributed by atoms with van der Waals surface area (Å²) in [6.07, 6.45) is 0. The topological polar surface area (TPSA) is 59.6 Å². The van der Waals surface area contributed by atoms with Crippen molar-refractivity contribution in [1.29, 1.82) is 0 Å². The molecular weight excluding hydrogens is 329 g/mol. The van der Waals surface area contributed by atoms with Crippen molar-refractivity contribution in [3.63, 3.8) is 0 Å². The maximum Gasteiger partial charge on any atom is 0.294 e. The number of amidine groups is 1. The molecule has 0 fully saturated rings. The monoisotopic (exact) mass is 339 g/mol. The van der Waals surface area contributed by atoms with Gasteiger partial charge in [0.15, 0.2) is 0 Å². The summed E-state index contributed by atoms with van der Waals surface area (Å²) in [6.45, 7) is 0. The second kappa shape index (κ2) is 7.26. The van der Waals surface area contributed by atoms with E-state index in [9.17, 15) is 0 Å². The third kappa shape index (κ3) is 5.23. The van der Waals surface area contributed by atoms with E-state index in [0.29, 0.717) is 15.7 Å². The highest BCUT2D eigenvalue weighted by molar-refractivity contribution is 7.80. The van der Waals surface area contributed by atoms with Crippen LogP contribution in [0.5, 0.6) is 0 Å². The molecule has 0 radical (unpaired) electrons. The van der Waals surface area contributed by atoms with Gasteiger partial charge in [-0.25, -0.2) is 0 Å². The fourth-order valence-corrected chi connectivity index (χ4v) is 1.89. The second-order valence-corrected chi connectivity index (χ2v) is 5.19. The molecule has 0 aliphatic heterocycles. The standard InChI is InChI=1S/C14H11Cl2N3OS/c15-9-1-5-11(6-2-9)18-13(17)20-14(21)19-12-7-3-10(16)4-8-12/h1-8H,(H2,17,18)(H,19,21). The van der Waals surface area contributed by atoms with Gasteiger partial charge in [-0.15, -0.1) is 0 Å². The Kier molecular flexibility index (Phi) is 5.38. The van der Waals surface area contributed by atoms with Crippen LogP contribution < -0.4 is 11.1 Å². The highest BCUT2D eigenvalue weighted by atomic mass is 35.5. The molecular formula is C14H11Cl2N3OS. The maximum atomic E-state index is 5.79. The first-order valence-corrected chi connectivity index (χ1v) is 7.03. The zero-order chi connectivity index (χ0) is 15.2. The van der Waals surface area contributed by atoms with E-state index < -0.39 is 0 Å². The van der Waals surface area contributed by atoms with Crippen LogP contribution in [0.2, 0.25) is 10.0 Å². The number of anilines is 1. The molecule has 3 N–H and O–H groups in total. The van der Waals surface area contributed by atoms with Crippen LogP contribution in [0, 0.1) is 0 Å². The Bertz CT molecular complexity index is 657. The first-order chi connectivity index (χ1) is 10.0. The molecule has 0 saturated heterocycles. The quantitative estimate of drug-likeness (QED) is 0.485. The number of halogens is 2. The van der Waals surface area contributed by atoms with Gasteiger partial charge in [0, 0.05) is 15.7 Å². The lowest BCUT2D eigenvalue weighted by Crippen LogP contribution is -2.24. The third-order valence-electron chi connectivity index (χ3n) is 2.35. The summed E-state index contributed by atoms with van der Waals surface area (Å²) in [6, 6.07) is 13.8. The Labute approximate surface area is 137 Å². The molecule has 0 aromatic heterocycles. The van der Waals surface area contributed by atoms with E-state index in [-0.39, 0.29) is 11.2 Å². The van der Waals surface area contributed by atoms with E-state index in [2.05, 4.69) is 10.3 Å². The van der Waals surface area contributed by atoms with Gasteiger partial charge < -0.3 is 15.8 Å². The largest absolute Gasteiger partial charge is 0.398 e. The lowest BCUT2D eigenvalue weighted by atomic mass is 10.3. The minimum Gasteiger partial charge on any atom is -0.398 e. The molecule has 4 nitrogen and oxygen atoms in total. The lowest BCUT2D eigenvalue weighted by Gasteiger charge is -2.08. The molecule has 0 aliphatic rings. The number of nitrogens with zero attached hydrogens (tertiary/aromatic N) is 1. The number of benzene rings is 2. The smallest absolute Gasteiger partial charge is 0.294 e. The van der Waals surface area contributed by atoms with Crippen LogP contribution in [0.1, 0.15) is 0 Å². The molecule has 0 heterocycles. The predicted octanol–water partition coefficient (Wildman–Crippen LogP) is 4.35. The average molecular weight is 340 g/mol. The van der Waals surface area contributed by atoms with Gasteiger partial charge in [-0.3, -0.25) is 0 Å². The summed E-state index contributed by atoms with van der Waals surface area (Å²) in [4.78, 5) is 4.06. The van der Waals surface area contributed by atoms with Gasteiger partial charge in [-0.1, -0.05) is 23.2 Å². The molecule has 0 unspecified atom stereocenters. The van der Waals surface area contributed by atoms with Crippen LogP contribution in [-0.2, 0) is 4.74 Å². The zero-order valence-electron chi connectivity index (χ0n) is 10.7. The van der Waals surface area contributed by atoms with Crippen molar-refractivity contribution in [2.45, 2.75) is 0 Å². The van der Waals surface area contributed by atoms with Crippen molar-refractivity contribution in [2.24, 2.45) is 10.7 Å². The Morgan fingerprint density at radius 1 is 1.00 bits per heavy atom. The summed E-state index contributed by atoms with van der Waals surface area (Å²) in [5, 5.41) is 4.21. The van der Waals surface area contributed by atoms with Crippen LogP contribution in [0.4, 0.5) is 11.4 Å². The van der Waals surface area contributed by atoms with Gasteiger partial charge >= 0.3 is 0 Å². The first kappa shape index (κ1) is 15.6. The Balaban J connectivity index is 1.95. The molecule has 2 rings (SSSR count). The Hall–Kier alpha value is -1.82. The lowest BCUT2D eigenvalue weighted by molar-refractivity contribution is 0.549. The van der Waals surface area contributed by atoms with Crippen molar-refractivity contribution in [3.05, 3.63) is 58.6 Å². The van der Waals surface area contributed by atoms with E-state index in [4.69, 9.17) is 45.9 Å². The minimum atomic E-state index is -0.0659. The number of thiocarbonyl (C=S) groups is 1. The van der Waals surface area contributed by atoms with Gasteiger partial charge in [-0.2, -0.15) is 4.99 Å². The molecule has 2 aromatic rings. The first-order valence-electron chi connectivity index (χ1n) is 5.87. The molecule has 0 amide bonds. The number of ether oxygens (including phenoxy) is 1. The fourth-order valence-electron chi connectivity index (χ4n) is 1.44. The third-order valence-corrected chi connectivity index (χ3v) is 3.04. The zero-order valence-corrected chi connectivity index (χ0v) is 13.0. The molecule has 7 heteroatoms.